The first-order valence-corrected chi connectivity index (χ1v) is 5.48. The molecule has 0 aliphatic rings. The van der Waals surface area contributed by atoms with Crippen LogP contribution in [0.25, 0.3) is 11.0 Å². The smallest absolute Gasteiger partial charge is 0.350 e. The summed E-state index contributed by atoms with van der Waals surface area (Å²) in [5, 5.41) is 21.6. The summed E-state index contributed by atoms with van der Waals surface area (Å²) in [5.74, 6) is -0.125. The fourth-order valence-corrected chi connectivity index (χ4v) is 1.88. The standard InChI is InChI=1S/C11H8BrNO4/c1-5-6-2-3-8(14)7(4-13-16)10(6)17-11(15)9(5)12/h2-4,14,16H,1H3. The molecule has 0 spiro atoms. The summed E-state index contributed by atoms with van der Waals surface area (Å²) in [6.45, 7) is 1.75. The van der Waals surface area contributed by atoms with Gasteiger partial charge in [-0.25, -0.2) is 4.79 Å². The molecule has 1 aromatic carbocycles. The lowest BCUT2D eigenvalue weighted by Crippen LogP contribution is -2.03. The molecule has 0 bridgehead atoms. The van der Waals surface area contributed by atoms with Gasteiger partial charge in [0.15, 0.2) is 5.58 Å². The third kappa shape index (κ3) is 1.80. The number of halogens is 1. The average molecular weight is 298 g/mol. The number of benzene rings is 1. The van der Waals surface area contributed by atoms with Crippen molar-refractivity contribution in [3.05, 3.63) is 38.2 Å². The maximum atomic E-state index is 11.5. The van der Waals surface area contributed by atoms with Gasteiger partial charge >= 0.3 is 5.63 Å². The highest BCUT2D eigenvalue weighted by atomic mass is 79.9. The lowest BCUT2D eigenvalue weighted by molar-refractivity contribution is 0.321. The van der Waals surface area contributed by atoms with E-state index in [1.165, 1.54) is 6.07 Å². The summed E-state index contributed by atoms with van der Waals surface area (Å²) >= 11 is 3.13. The average Bonchev–Trinajstić information content (AvgIpc) is 2.30. The number of rotatable bonds is 1. The first kappa shape index (κ1) is 11.7. The van der Waals surface area contributed by atoms with Gasteiger partial charge in [-0.1, -0.05) is 5.16 Å². The van der Waals surface area contributed by atoms with Crippen molar-refractivity contribution >= 4 is 33.1 Å². The van der Waals surface area contributed by atoms with Gasteiger partial charge in [0.05, 0.1) is 11.8 Å². The Kier molecular flexibility index (Phi) is 2.89. The molecule has 17 heavy (non-hydrogen) atoms. The van der Waals surface area contributed by atoms with Crippen molar-refractivity contribution in [3.63, 3.8) is 0 Å². The quantitative estimate of drug-likeness (QED) is 0.366. The zero-order valence-corrected chi connectivity index (χ0v) is 10.4. The van der Waals surface area contributed by atoms with Crippen molar-refractivity contribution in [2.24, 2.45) is 5.16 Å². The molecule has 0 radical (unpaired) electrons. The molecule has 6 heteroatoms. The Morgan fingerprint density at radius 3 is 2.82 bits per heavy atom. The Labute approximate surface area is 104 Å². The van der Waals surface area contributed by atoms with Crippen LogP contribution in [0.1, 0.15) is 11.1 Å². The van der Waals surface area contributed by atoms with Crippen LogP contribution >= 0.6 is 15.9 Å². The molecule has 0 aliphatic carbocycles. The van der Waals surface area contributed by atoms with Crippen molar-refractivity contribution in [1.29, 1.82) is 0 Å². The molecular weight excluding hydrogens is 290 g/mol. The maximum Gasteiger partial charge on any atom is 0.350 e. The van der Waals surface area contributed by atoms with Gasteiger partial charge in [-0.15, -0.1) is 0 Å². The van der Waals surface area contributed by atoms with Crippen LogP contribution in [0, 0.1) is 6.92 Å². The summed E-state index contributed by atoms with van der Waals surface area (Å²) in [6.07, 6.45) is 1.02. The van der Waals surface area contributed by atoms with Gasteiger partial charge < -0.3 is 14.7 Å². The number of phenols is 1. The van der Waals surface area contributed by atoms with Crippen molar-refractivity contribution in [1.82, 2.24) is 0 Å². The number of aromatic hydroxyl groups is 1. The van der Waals surface area contributed by atoms with E-state index in [1.54, 1.807) is 13.0 Å². The number of oxime groups is 1. The van der Waals surface area contributed by atoms with Gasteiger partial charge in [0, 0.05) is 5.39 Å². The summed E-state index contributed by atoms with van der Waals surface area (Å²) in [5.41, 5.74) is 0.503. The Morgan fingerprint density at radius 2 is 2.18 bits per heavy atom. The second kappa shape index (κ2) is 4.21. The second-order valence-corrected chi connectivity index (χ2v) is 4.24. The van der Waals surface area contributed by atoms with Gasteiger partial charge in [-0.3, -0.25) is 0 Å². The summed E-state index contributed by atoms with van der Waals surface area (Å²) in [4.78, 5) is 11.5. The van der Waals surface area contributed by atoms with E-state index >= 15 is 0 Å². The molecule has 1 heterocycles. The minimum Gasteiger partial charge on any atom is -0.507 e. The highest BCUT2D eigenvalue weighted by molar-refractivity contribution is 9.10. The Bertz CT molecular complexity index is 675. The largest absolute Gasteiger partial charge is 0.507 e. The molecule has 0 atom stereocenters. The lowest BCUT2D eigenvalue weighted by Gasteiger charge is -2.06. The normalized spacial score (nSPS) is 11.4. The molecular formula is C11H8BrNO4. The molecule has 5 nitrogen and oxygen atoms in total. The SMILES string of the molecule is Cc1c(Br)c(=O)oc2c(C=NO)c(O)ccc12. The van der Waals surface area contributed by atoms with Crippen molar-refractivity contribution in [2.75, 3.05) is 0 Å². The van der Waals surface area contributed by atoms with Crippen molar-refractivity contribution in [3.8, 4) is 5.75 Å². The van der Waals surface area contributed by atoms with E-state index in [4.69, 9.17) is 9.62 Å². The van der Waals surface area contributed by atoms with Crippen LogP contribution in [0.15, 0.2) is 31.0 Å². The van der Waals surface area contributed by atoms with Crippen LogP contribution in [0.3, 0.4) is 0 Å². The van der Waals surface area contributed by atoms with Gasteiger partial charge in [0.1, 0.15) is 10.2 Å². The van der Waals surface area contributed by atoms with E-state index in [1.807, 2.05) is 0 Å². The number of nitrogens with zero attached hydrogens (tertiary/aromatic N) is 1. The molecule has 0 aliphatic heterocycles. The van der Waals surface area contributed by atoms with Crippen LogP contribution < -0.4 is 5.63 Å². The first-order chi connectivity index (χ1) is 8.06. The van der Waals surface area contributed by atoms with Gasteiger partial charge in [0.25, 0.3) is 0 Å². The Morgan fingerprint density at radius 1 is 1.47 bits per heavy atom. The van der Waals surface area contributed by atoms with Gasteiger partial charge in [-0.2, -0.15) is 0 Å². The van der Waals surface area contributed by atoms with E-state index < -0.39 is 5.63 Å². The van der Waals surface area contributed by atoms with Crippen molar-refractivity contribution in [2.45, 2.75) is 6.92 Å². The van der Waals surface area contributed by atoms with E-state index in [0.29, 0.717) is 15.4 Å². The zero-order chi connectivity index (χ0) is 12.6. The van der Waals surface area contributed by atoms with Gasteiger partial charge in [0.2, 0.25) is 0 Å². The van der Waals surface area contributed by atoms with Crippen LogP contribution in [-0.2, 0) is 0 Å². The van der Waals surface area contributed by atoms with Crippen molar-refractivity contribution < 1.29 is 14.7 Å². The minimum atomic E-state index is -0.548. The predicted octanol–water partition coefficient (Wildman–Crippen LogP) is 2.38. The third-order valence-corrected chi connectivity index (χ3v) is 3.39. The number of hydrogen-bond donors (Lipinski definition) is 2. The predicted molar refractivity (Wildman–Crippen MR) is 66.0 cm³/mol. The van der Waals surface area contributed by atoms with E-state index in [9.17, 15) is 9.90 Å². The molecule has 0 amide bonds. The van der Waals surface area contributed by atoms with Crippen LogP contribution in [0.4, 0.5) is 0 Å². The summed E-state index contributed by atoms with van der Waals surface area (Å²) in [6, 6.07) is 3.07. The molecule has 0 saturated carbocycles. The number of fused-ring (bicyclic) bond motifs is 1. The summed E-state index contributed by atoms with van der Waals surface area (Å²) < 4.78 is 5.41. The fraction of sp³-hybridized carbons (Fsp3) is 0.0909. The topological polar surface area (TPSA) is 83.0 Å². The molecule has 0 unspecified atom stereocenters. The van der Waals surface area contributed by atoms with Crippen LogP contribution in [0.5, 0.6) is 5.75 Å². The molecule has 88 valence electrons. The van der Waals surface area contributed by atoms with E-state index in [0.717, 1.165) is 6.21 Å². The molecule has 1 aromatic heterocycles. The first-order valence-electron chi connectivity index (χ1n) is 4.68. The molecule has 2 rings (SSSR count). The maximum absolute atomic E-state index is 11.5. The lowest BCUT2D eigenvalue weighted by atomic mass is 10.1. The molecule has 0 fully saturated rings. The Hall–Kier alpha value is -1.82. The zero-order valence-electron chi connectivity index (χ0n) is 8.77. The minimum absolute atomic E-state index is 0.125. The number of hydrogen-bond acceptors (Lipinski definition) is 5. The molecule has 2 N–H and O–H groups in total. The highest BCUT2D eigenvalue weighted by Gasteiger charge is 2.13. The van der Waals surface area contributed by atoms with Crippen LogP contribution in [-0.4, -0.2) is 16.5 Å². The van der Waals surface area contributed by atoms with Gasteiger partial charge in [-0.05, 0) is 40.5 Å². The van der Waals surface area contributed by atoms with E-state index in [2.05, 4.69) is 21.1 Å². The second-order valence-electron chi connectivity index (χ2n) is 3.45. The fourth-order valence-electron chi connectivity index (χ4n) is 1.59. The monoisotopic (exact) mass is 297 g/mol. The highest BCUT2D eigenvalue weighted by Crippen LogP contribution is 2.29. The number of phenolic OH excluding ortho intramolecular Hbond substituents is 1. The number of aryl methyl sites for hydroxylation is 1. The summed E-state index contributed by atoms with van der Waals surface area (Å²) in [7, 11) is 0. The Balaban J connectivity index is 3.00. The van der Waals surface area contributed by atoms with E-state index in [-0.39, 0.29) is 16.9 Å². The third-order valence-electron chi connectivity index (χ3n) is 2.47. The molecule has 0 saturated heterocycles. The van der Waals surface area contributed by atoms with Crippen LogP contribution in [0.2, 0.25) is 0 Å². The molecule has 2 aromatic rings.